The van der Waals surface area contributed by atoms with Gasteiger partial charge in [0.05, 0.1) is 0 Å². The zero-order valence-electron chi connectivity index (χ0n) is 12.0. The van der Waals surface area contributed by atoms with Crippen molar-refractivity contribution in [2.24, 2.45) is 5.73 Å². The van der Waals surface area contributed by atoms with E-state index in [1.807, 2.05) is 48.2 Å². The fraction of sp³-hybridized carbons (Fsp3) is 0.235. The van der Waals surface area contributed by atoms with Crippen LogP contribution in [0.1, 0.15) is 29.7 Å². The van der Waals surface area contributed by atoms with E-state index in [9.17, 15) is 4.79 Å². The topological polar surface area (TPSA) is 58.4 Å². The van der Waals surface area contributed by atoms with Crippen molar-refractivity contribution in [3.05, 3.63) is 65.2 Å². The molecule has 0 aliphatic carbocycles. The molecule has 0 fully saturated rings. The Morgan fingerprint density at radius 3 is 2.43 bits per heavy atom. The molecule has 1 aliphatic heterocycles. The van der Waals surface area contributed by atoms with Crippen LogP contribution in [0.25, 0.3) is 0 Å². The molecule has 2 aromatic rings. The first-order valence-corrected chi connectivity index (χ1v) is 7.12. The minimum absolute atomic E-state index is 0.0436. The number of benzene rings is 2. The van der Waals surface area contributed by atoms with Gasteiger partial charge in [0.25, 0.3) is 0 Å². The second kappa shape index (κ2) is 5.58. The molecule has 0 saturated heterocycles. The van der Waals surface area contributed by atoms with Crippen molar-refractivity contribution < 1.29 is 4.79 Å². The number of carbonyl (C=O) groups excluding carboxylic acids is 1. The molecule has 0 radical (unpaired) electrons. The van der Waals surface area contributed by atoms with E-state index in [0.717, 1.165) is 11.3 Å². The molecular formula is C17H19N3O. The molecule has 0 saturated carbocycles. The van der Waals surface area contributed by atoms with E-state index < -0.39 is 0 Å². The fourth-order valence-electron chi connectivity index (χ4n) is 2.58. The quantitative estimate of drug-likeness (QED) is 0.887. The maximum Gasteiger partial charge on any atom is 0.322 e. The number of amides is 2. The maximum atomic E-state index is 12.3. The van der Waals surface area contributed by atoms with Gasteiger partial charge in [-0.05, 0) is 35.7 Å². The van der Waals surface area contributed by atoms with Crippen molar-refractivity contribution in [2.45, 2.75) is 26.1 Å². The summed E-state index contributed by atoms with van der Waals surface area (Å²) in [6.45, 7) is 3.25. The Bertz CT molecular complexity index is 642. The second-order valence-electron chi connectivity index (χ2n) is 5.47. The summed E-state index contributed by atoms with van der Waals surface area (Å²) in [4.78, 5) is 14.2. The van der Waals surface area contributed by atoms with E-state index >= 15 is 0 Å². The molecule has 108 valence electrons. The molecule has 0 aromatic heterocycles. The zero-order valence-corrected chi connectivity index (χ0v) is 12.0. The molecule has 1 aliphatic rings. The highest BCUT2D eigenvalue weighted by molar-refractivity contribution is 5.89. The minimum atomic E-state index is -0.0759. The Hall–Kier alpha value is -2.33. The highest BCUT2D eigenvalue weighted by Crippen LogP contribution is 2.23. The van der Waals surface area contributed by atoms with Crippen LogP contribution < -0.4 is 11.1 Å². The summed E-state index contributed by atoms with van der Waals surface area (Å²) in [7, 11) is 0. The number of rotatable bonds is 2. The van der Waals surface area contributed by atoms with E-state index in [0.29, 0.717) is 13.1 Å². The van der Waals surface area contributed by atoms with Crippen LogP contribution in [0.2, 0.25) is 0 Å². The third-order valence-corrected chi connectivity index (χ3v) is 3.79. The average molecular weight is 281 g/mol. The van der Waals surface area contributed by atoms with Crippen LogP contribution in [0.15, 0.2) is 48.5 Å². The van der Waals surface area contributed by atoms with Crippen molar-refractivity contribution in [3.63, 3.8) is 0 Å². The van der Waals surface area contributed by atoms with Crippen LogP contribution >= 0.6 is 0 Å². The van der Waals surface area contributed by atoms with E-state index in [1.165, 1.54) is 11.1 Å². The molecule has 2 amide bonds. The van der Waals surface area contributed by atoms with E-state index in [2.05, 4.69) is 17.4 Å². The summed E-state index contributed by atoms with van der Waals surface area (Å²) in [6, 6.07) is 15.7. The highest BCUT2D eigenvalue weighted by Gasteiger charge is 2.22. The Morgan fingerprint density at radius 2 is 1.81 bits per heavy atom. The van der Waals surface area contributed by atoms with Crippen molar-refractivity contribution in [1.82, 2.24) is 4.90 Å². The molecule has 1 heterocycles. The molecule has 2 aromatic carbocycles. The van der Waals surface area contributed by atoms with Crippen LogP contribution in [0.5, 0.6) is 0 Å². The van der Waals surface area contributed by atoms with Crippen molar-refractivity contribution in [2.75, 3.05) is 5.32 Å². The van der Waals surface area contributed by atoms with Crippen LogP contribution in [0, 0.1) is 0 Å². The molecule has 1 unspecified atom stereocenters. The van der Waals surface area contributed by atoms with Gasteiger partial charge in [-0.2, -0.15) is 0 Å². The summed E-state index contributed by atoms with van der Waals surface area (Å²) >= 11 is 0. The zero-order chi connectivity index (χ0) is 14.8. The largest absolute Gasteiger partial charge is 0.324 e. The minimum Gasteiger partial charge on any atom is -0.324 e. The second-order valence-corrected chi connectivity index (χ2v) is 5.47. The predicted octanol–water partition coefficient (Wildman–Crippen LogP) is 3.25. The molecule has 3 rings (SSSR count). The first-order valence-electron chi connectivity index (χ1n) is 7.12. The Kier molecular flexibility index (Phi) is 3.62. The lowest BCUT2D eigenvalue weighted by atomic mass is 10.1. The number of nitrogens with zero attached hydrogens (tertiary/aromatic N) is 1. The third-order valence-electron chi connectivity index (χ3n) is 3.79. The van der Waals surface area contributed by atoms with Gasteiger partial charge >= 0.3 is 6.03 Å². The molecular weight excluding hydrogens is 262 g/mol. The van der Waals surface area contributed by atoms with Gasteiger partial charge in [0, 0.05) is 24.8 Å². The molecule has 4 nitrogen and oxygen atoms in total. The van der Waals surface area contributed by atoms with Gasteiger partial charge in [0.15, 0.2) is 0 Å². The van der Waals surface area contributed by atoms with Crippen LogP contribution in [-0.2, 0) is 13.1 Å². The smallest absolute Gasteiger partial charge is 0.322 e. The fourth-order valence-corrected chi connectivity index (χ4v) is 2.58. The van der Waals surface area contributed by atoms with Gasteiger partial charge in [0.1, 0.15) is 0 Å². The maximum absolute atomic E-state index is 12.3. The van der Waals surface area contributed by atoms with E-state index in [-0.39, 0.29) is 12.1 Å². The average Bonchev–Trinajstić information content (AvgIpc) is 2.91. The summed E-state index contributed by atoms with van der Waals surface area (Å²) in [5.74, 6) is 0. The van der Waals surface area contributed by atoms with Gasteiger partial charge in [0.2, 0.25) is 0 Å². The van der Waals surface area contributed by atoms with Crippen LogP contribution in [0.3, 0.4) is 0 Å². The Labute approximate surface area is 124 Å². The normalized spacial score (nSPS) is 14.7. The molecule has 1 atom stereocenters. The Balaban J connectivity index is 1.69. The van der Waals surface area contributed by atoms with Gasteiger partial charge in [-0.15, -0.1) is 0 Å². The lowest BCUT2D eigenvalue weighted by Crippen LogP contribution is -2.30. The first-order chi connectivity index (χ1) is 10.1. The molecule has 21 heavy (non-hydrogen) atoms. The van der Waals surface area contributed by atoms with Gasteiger partial charge in [-0.1, -0.05) is 36.4 Å². The van der Waals surface area contributed by atoms with E-state index in [4.69, 9.17) is 5.73 Å². The number of carbonyl (C=O) groups is 1. The Morgan fingerprint density at radius 1 is 1.14 bits per heavy atom. The number of hydrogen-bond donors (Lipinski definition) is 2. The van der Waals surface area contributed by atoms with E-state index in [1.54, 1.807) is 0 Å². The van der Waals surface area contributed by atoms with Crippen LogP contribution in [-0.4, -0.2) is 10.9 Å². The molecule has 0 spiro atoms. The highest BCUT2D eigenvalue weighted by atomic mass is 16.2. The number of anilines is 1. The lowest BCUT2D eigenvalue weighted by Gasteiger charge is -2.17. The summed E-state index contributed by atoms with van der Waals surface area (Å²) < 4.78 is 0. The van der Waals surface area contributed by atoms with Crippen molar-refractivity contribution in [3.8, 4) is 0 Å². The van der Waals surface area contributed by atoms with Crippen LogP contribution in [0.4, 0.5) is 10.5 Å². The summed E-state index contributed by atoms with van der Waals surface area (Å²) in [5, 5.41) is 2.95. The molecule has 4 heteroatoms. The summed E-state index contributed by atoms with van der Waals surface area (Å²) in [5.41, 5.74) is 10.1. The number of hydrogen-bond acceptors (Lipinski definition) is 2. The summed E-state index contributed by atoms with van der Waals surface area (Å²) in [6.07, 6.45) is 0. The van der Waals surface area contributed by atoms with Crippen molar-refractivity contribution in [1.29, 1.82) is 0 Å². The lowest BCUT2D eigenvalue weighted by molar-refractivity contribution is 0.212. The van der Waals surface area contributed by atoms with Gasteiger partial charge < -0.3 is 16.0 Å². The number of fused-ring (bicyclic) bond motifs is 1. The number of urea groups is 1. The van der Waals surface area contributed by atoms with Gasteiger partial charge in [-0.25, -0.2) is 4.79 Å². The first kappa shape index (κ1) is 13.6. The monoisotopic (exact) mass is 281 g/mol. The number of nitrogens with one attached hydrogen (secondary N) is 1. The van der Waals surface area contributed by atoms with Crippen molar-refractivity contribution >= 4 is 11.7 Å². The SMILES string of the molecule is CC(N)c1cccc(NC(=O)N2Cc3ccccc3C2)c1. The third kappa shape index (κ3) is 2.90. The van der Waals surface area contributed by atoms with Gasteiger partial charge in [-0.3, -0.25) is 0 Å². The molecule has 0 bridgehead atoms. The standard InChI is InChI=1S/C17H19N3O/c1-12(18)13-7-4-8-16(9-13)19-17(21)20-10-14-5-2-3-6-15(14)11-20/h2-9,12H,10-11,18H2,1H3,(H,19,21). The molecule has 3 N–H and O–H groups in total. The number of nitrogens with two attached hydrogens (primary N) is 1. The predicted molar refractivity (Wildman–Crippen MR) is 83.8 cm³/mol.